The normalized spacial score (nSPS) is 12.2. The van der Waals surface area contributed by atoms with Crippen molar-refractivity contribution < 1.29 is 8.42 Å². The molecule has 1 aromatic carbocycles. The molecule has 4 N–H and O–H groups in total. The Balaban J connectivity index is 2.32. The highest BCUT2D eigenvalue weighted by atomic mass is 32.2. The molecule has 0 fully saturated rings. The maximum Gasteiger partial charge on any atom is 0.265 e. The summed E-state index contributed by atoms with van der Waals surface area (Å²) in [7, 11) is -3.73. The van der Waals surface area contributed by atoms with Crippen molar-refractivity contribution in [3.8, 4) is 0 Å². The number of rotatable bonds is 4. The number of hydrazine groups is 1. The molecule has 0 unspecified atom stereocenters. The molecule has 0 radical (unpaired) electrons. The average Bonchev–Trinajstić information content (AvgIpc) is 2.86. The van der Waals surface area contributed by atoms with E-state index in [0.717, 1.165) is 5.69 Å². The van der Waals surface area contributed by atoms with Gasteiger partial charge in [0.15, 0.2) is 5.13 Å². The molecular formula is C13H18N4O2S2. The van der Waals surface area contributed by atoms with Crippen LogP contribution in [0.15, 0.2) is 34.5 Å². The molecule has 0 spiro atoms. The number of hydrogen-bond acceptors (Lipinski definition) is 6. The average molecular weight is 326 g/mol. The zero-order valence-corrected chi connectivity index (χ0v) is 13.7. The summed E-state index contributed by atoms with van der Waals surface area (Å²) in [5.41, 5.74) is 3.43. The van der Waals surface area contributed by atoms with Crippen LogP contribution in [0.5, 0.6) is 0 Å². The third kappa shape index (κ3) is 3.52. The summed E-state index contributed by atoms with van der Waals surface area (Å²) in [6.07, 6.45) is 0. The molecule has 6 nitrogen and oxygen atoms in total. The van der Waals surface area contributed by atoms with Crippen LogP contribution in [-0.2, 0) is 15.4 Å². The largest absolute Gasteiger partial charge is 0.323 e. The number of nitrogen functional groups attached to an aromatic ring is 1. The van der Waals surface area contributed by atoms with Gasteiger partial charge >= 0.3 is 0 Å². The van der Waals surface area contributed by atoms with E-state index in [9.17, 15) is 8.42 Å². The number of benzene rings is 1. The molecule has 0 aliphatic heterocycles. The molecular weight excluding hydrogens is 308 g/mol. The first-order chi connectivity index (χ1) is 9.74. The van der Waals surface area contributed by atoms with E-state index in [0.29, 0.717) is 10.8 Å². The minimum atomic E-state index is -3.73. The van der Waals surface area contributed by atoms with E-state index >= 15 is 0 Å². The predicted molar refractivity (Wildman–Crippen MR) is 85.9 cm³/mol. The van der Waals surface area contributed by atoms with Gasteiger partial charge in [-0.05, 0) is 12.1 Å². The molecule has 1 aromatic heterocycles. The van der Waals surface area contributed by atoms with Gasteiger partial charge in [-0.15, -0.1) is 11.3 Å². The van der Waals surface area contributed by atoms with Crippen LogP contribution in [-0.4, -0.2) is 13.4 Å². The number of nitrogens with two attached hydrogens (primary N) is 1. The lowest BCUT2D eigenvalue weighted by molar-refractivity contribution is 0.573. The van der Waals surface area contributed by atoms with Crippen LogP contribution in [0.4, 0.5) is 10.8 Å². The lowest BCUT2D eigenvalue weighted by atomic mass is 9.93. The molecule has 2 aromatic rings. The van der Waals surface area contributed by atoms with Gasteiger partial charge in [0.2, 0.25) is 0 Å². The molecule has 114 valence electrons. The van der Waals surface area contributed by atoms with Crippen molar-refractivity contribution in [2.24, 2.45) is 5.84 Å². The van der Waals surface area contributed by atoms with Gasteiger partial charge in [-0.2, -0.15) is 0 Å². The highest BCUT2D eigenvalue weighted by Crippen LogP contribution is 2.29. The van der Waals surface area contributed by atoms with Crippen molar-refractivity contribution >= 4 is 32.2 Å². The molecule has 1 heterocycles. The Labute approximate surface area is 128 Å². The topological polar surface area (TPSA) is 97.1 Å². The fourth-order valence-corrected chi connectivity index (χ4v) is 4.02. The fourth-order valence-electron chi connectivity index (χ4n) is 1.66. The monoisotopic (exact) mass is 326 g/mol. The van der Waals surface area contributed by atoms with Crippen molar-refractivity contribution in [3.63, 3.8) is 0 Å². The van der Waals surface area contributed by atoms with Crippen LogP contribution in [0.3, 0.4) is 0 Å². The third-order valence-electron chi connectivity index (χ3n) is 2.83. The van der Waals surface area contributed by atoms with Gasteiger partial charge in [0.25, 0.3) is 10.0 Å². The number of thiazole rings is 1. The van der Waals surface area contributed by atoms with E-state index in [1.165, 1.54) is 17.4 Å². The highest BCUT2D eigenvalue weighted by molar-refractivity contribution is 7.93. The molecule has 0 amide bonds. The Morgan fingerprint density at radius 3 is 2.48 bits per heavy atom. The first kappa shape index (κ1) is 15.7. The molecule has 0 aliphatic carbocycles. The number of anilines is 2. The summed E-state index contributed by atoms with van der Waals surface area (Å²) in [6, 6.07) is 6.42. The second-order valence-electron chi connectivity index (χ2n) is 5.53. The summed E-state index contributed by atoms with van der Waals surface area (Å²) >= 11 is 1.26. The van der Waals surface area contributed by atoms with Gasteiger partial charge in [0, 0.05) is 10.8 Å². The maximum atomic E-state index is 12.4. The van der Waals surface area contributed by atoms with Gasteiger partial charge in [0.05, 0.1) is 11.4 Å². The summed E-state index contributed by atoms with van der Waals surface area (Å²) in [5, 5.41) is 2.19. The van der Waals surface area contributed by atoms with Crippen LogP contribution in [0.25, 0.3) is 0 Å². The zero-order valence-electron chi connectivity index (χ0n) is 12.0. The second-order valence-corrected chi connectivity index (χ2v) is 8.04. The van der Waals surface area contributed by atoms with E-state index in [1.807, 2.05) is 26.2 Å². The second kappa shape index (κ2) is 5.63. The summed E-state index contributed by atoms with van der Waals surface area (Å²) in [6.45, 7) is 6.07. The predicted octanol–water partition coefficient (Wildman–Crippen LogP) is 2.53. The van der Waals surface area contributed by atoms with E-state index in [2.05, 4.69) is 15.1 Å². The maximum absolute atomic E-state index is 12.4. The number of hydrogen-bond donors (Lipinski definition) is 3. The van der Waals surface area contributed by atoms with Gasteiger partial charge in [-0.3, -0.25) is 10.6 Å². The number of nitrogens with zero attached hydrogens (tertiary/aromatic N) is 1. The van der Waals surface area contributed by atoms with Gasteiger partial charge in [0.1, 0.15) is 4.90 Å². The molecule has 8 heteroatoms. The van der Waals surface area contributed by atoms with Gasteiger partial charge in [-0.1, -0.05) is 32.9 Å². The summed E-state index contributed by atoms with van der Waals surface area (Å²) in [5.74, 6) is 5.35. The van der Waals surface area contributed by atoms with Crippen LogP contribution in [0.1, 0.15) is 26.5 Å². The smallest absolute Gasteiger partial charge is 0.265 e. The van der Waals surface area contributed by atoms with Crippen molar-refractivity contribution in [2.75, 3.05) is 10.1 Å². The van der Waals surface area contributed by atoms with E-state index in [1.54, 1.807) is 18.2 Å². The third-order valence-corrected chi connectivity index (χ3v) is 5.11. The summed E-state index contributed by atoms with van der Waals surface area (Å²) < 4.78 is 27.3. The first-order valence-electron chi connectivity index (χ1n) is 6.28. The van der Waals surface area contributed by atoms with E-state index in [-0.39, 0.29) is 10.3 Å². The molecule has 0 saturated heterocycles. The summed E-state index contributed by atoms with van der Waals surface area (Å²) in [4.78, 5) is 4.41. The SMILES string of the molecule is CC(C)(C)c1csc(NS(=O)(=O)c2ccccc2NN)n1. The molecule has 2 rings (SSSR count). The Bertz CT molecular complexity index is 733. The Hall–Kier alpha value is -1.64. The highest BCUT2D eigenvalue weighted by Gasteiger charge is 2.22. The minimum Gasteiger partial charge on any atom is -0.323 e. The Kier molecular flexibility index (Phi) is 4.22. The molecule has 0 bridgehead atoms. The molecule has 0 atom stereocenters. The Morgan fingerprint density at radius 2 is 1.90 bits per heavy atom. The van der Waals surface area contributed by atoms with Crippen molar-refractivity contribution in [1.82, 2.24) is 4.98 Å². The molecule has 0 aliphatic rings. The van der Waals surface area contributed by atoms with Crippen molar-refractivity contribution in [1.29, 1.82) is 0 Å². The van der Waals surface area contributed by atoms with Crippen LogP contribution in [0, 0.1) is 0 Å². The van der Waals surface area contributed by atoms with Crippen LogP contribution >= 0.6 is 11.3 Å². The van der Waals surface area contributed by atoms with E-state index in [4.69, 9.17) is 5.84 Å². The lowest BCUT2D eigenvalue weighted by Crippen LogP contribution is -2.18. The lowest BCUT2D eigenvalue weighted by Gasteiger charge is -2.14. The number of para-hydroxylation sites is 1. The fraction of sp³-hybridized carbons (Fsp3) is 0.308. The quantitative estimate of drug-likeness (QED) is 0.592. The zero-order chi connectivity index (χ0) is 15.7. The van der Waals surface area contributed by atoms with Gasteiger partial charge < -0.3 is 5.43 Å². The van der Waals surface area contributed by atoms with Crippen molar-refractivity contribution in [2.45, 2.75) is 31.1 Å². The number of aromatic nitrogens is 1. The number of sulfonamides is 1. The van der Waals surface area contributed by atoms with Crippen LogP contribution in [0.2, 0.25) is 0 Å². The van der Waals surface area contributed by atoms with E-state index < -0.39 is 10.0 Å². The molecule has 21 heavy (non-hydrogen) atoms. The Morgan fingerprint density at radius 1 is 1.24 bits per heavy atom. The first-order valence-corrected chi connectivity index (χ1v) is 8.65. The van der Waals surface area contributed by atoms with Crippen molar-refractivity contribution in [3.05, 3.63) is 35.3 Å². The van der Waals surface area contributed by atoms with Gasteiger partial charge in [-0.25, -0.2) is 13.4 Å². The molecule has 0 saturated carbocycles. The number of nitrogens with one attached hydrogen (secondary N) is 2. The minimum absolute atomic E-state index is 0.0833. The van der Waals surface area contributed by atoms with Crippen LogP contribution < -0.4 is 16.0 Å². The standard InChI is InChI=1S/C13H18N4O2S2/c1-13(2,3)11-8-20-12(15-11)17-21(18,19)10-7-5-4-6-9(10)16-14/h4-8,16H,14H2,1-3H3,(H,15,17).